The Bertz CT molecular complexity index is 582. The summed E-state index contributed by atoms with van der Waals surface area (Å²) in [5.41, 5.74) is 4.62. The van der Waals surface area contributed by atoms with Gasteiger partial charge in [0, 0.05) is 0 Å². The predicted molar refractivity (Wildman–Crippen MR) is 62.8 cm³/mol. The molecule has 3 aliphatic carbocycles. The van der Waals surface area contributed by atoms with Crippen LogP contribution < -0.4 is 0 Å². The van der Waals surface area contributed by atoms with Crippen molar-refractivity contribution in [1.82, 2.24) is 0 Å². The molecule has 0 amide bonds. The van der Waals surface area contributed by atoms with Gasteiger partial charge in [-0.25, -0.2) is 4.79 Å². The maximum Gasteiger partial charge on any atom is 0.336 e. The van der Waals surface area contributed by atoms with E-state index in [1.54, 1.807) is 12.1 Å². The summed E-state index contributed by atoms with van der Waals surface area (Å²) in [6.45, 7) is 0. The highest BCUT2D eigenvalue weighted by atomic mass is 16.4. The first-order chi connectivity index (χ1) is 7.77. The standard InChI is InChI=1S/C14H10O2/c15-14(16)12-6-2-4-10-8-7-9-3-1-5-11(12)13(9)10/h1-2,4-8H,3H2,(H,15,16). The van der Waals surface area contributed by atoms with Crippen molar-refractivity contribution in [3.8, 4) is 11.1 Å². The average molecular weight is 210 g/mol. The van der Waals surface area contributed by atoms with Gasteiger partial charge in [-0.2, -0.15) is 0 Å². The van der Waals surface area contributed by atoms with Crippen LogP contribution in [0.2, 0.25) is 0 Å². The molecule has 3 rings (SSSR count). The fourth-order valence-electron chi connectivity index (χ4n) is 2.32. The number of carbonyl (C=O) groups is 1. The van der Waals surface area contributed by atoms with Crippen LogP contribution in [-0.2, 0) is 6.42 Å². The van der Waals surface area contributed by atoms with Gasteiger partial charge in [-0.05, 0) is 34.7 Å². The Kier molecular flexibility index (Phi) is 1.83. The first kappa shape index (κ1) is 9.16. The van der Waals surface area contributed by atoms with Crippen molar-refractivity contribution < 1.29 is 9.90 Å². The molecule has 16 heavy (non-hydrogen) atoms. The zero-order valence-electron chi connectivity index (χ0n) is 8.60. The molecule has 0 heterocycles. The van der Waals surface area contributed by atoms with E-state index in [0.717, 1.165) is 23.1 Å². The van der Waals surface area contributed by atoms with E-state index in [2.05, 4.69) is 6.07 Å². The van der Waals surface area contributed by atoms with Crippen molar-refractivity contribution >= 4 is 12.0 Å². The van der Waals surface area contributed by atoms with Crippen LogP contribution in [0, 0.1) is 0 Å². The van der Waals surface area contributed by atoms with Crippen LogP contribution in [0.3, 0.4) is 0 Å². The van der Waals surface area contributed by atoms with Crippen LogP contribution >= 0.6 is 0 Å². The van der Waals surface area contributed by atoms with Gasteiger partial charge in [0.25, 0.3) is 0 Å². The van der Waals surface area contributed by atoms with Gasteiger partial charge in [-0.3, -0.25) is 0 Å². The second-order valence-corrected chi connectivity index (χ2v) is 3.95. The molecule has 0 bridgehead atoms. The van der Waals surface area contributed by atoms with E-state index in [4.69, 9.17) is 0 Å². The van der Waals surface area contributed by atoms with Crippen molar-refractivity contribution in [2.75, 3.05) is 0 Å². The Balaban J connectivity index is 2.43. The molecule has 0 aromatic heterocycles. The molecule has 78 valence electrons. The number of rotatable bonds is 1. The molecule has 2 heteroatoms. The van der Waals surface area contributed by atoms with Crippen LogP contribution in [0.15, 0.2) is 36.4 Å². The second-order valence-electron chi connectivity index (χ2n) is 3.95. The maximum absolute atomic E-state index is 11.2. The highest BCUT2D eigenvalue weighted by Gasteiger charge is 2.19. The molecule has 0 saturated heterocycles. The Hall–Kier alpha value is -2.09. The maximum atomic E-state index is 11.2. The minimum absolute atomic E-state index is 0.374. The SMILES string of the molecule is O=C(O)c1cccc2ccc3c-2c1C=CC3. The van der Waals surface area contributed by atoms with E-state index in [9.17, 15) is 9.90 Å². The monoisotopic (exact) mass is 210 g/mol. The Morgan fingerprint density at radius 2 is 2.06 bits per heavy atom. The van der Waals surface area contributed by atoms with Gasteiger partial charge in [0.1, 0.15) is 0 Å². The topological polar surface area (TPSA) is 37.3 Å². The molecule has 0 unspecified atom stereocenters. The molecule has 0 atom stereocenters. The Labute approximate surface area is 93.2 Å². The van der Waals surface area contributed by atoms with Crippen LogP contribution in [0.1, 0.15) is 21.5 Å². The van der Waals surface area contributed by atoms with Crippen molar-refractivity contribution in [1.29, 1.82) is 0 Å². The quantitative estimate of drug-likeness (QED) is 0.785. The predicted octanol–water partition coefficient (Wildman–Crippen LogP) is 3.06. The molecule has 0 aliphatic heterocycles. The zero-order valence-corrected chi connectivity index (χ0v) is 8.60. The van der Waals surface area contributed by atoms with Crippen LogP contribution in [0.4, 0.5) is 0 Å². The van der Waals surface area contributed by atoms with Gasteiger partial charge in [-0.1, -0.05) is 36.4 Å². The zero-order chi connectivity index (χ0) is 11.1. The highest BCUT2D eigenvalue weighted by molar-refractivity contribution is 5.97. The lowest BCUT2D eigenvalue weighted by Gasteiger charge is -2.10. The lowest BCUT2D eigenvalue weighted by Crippen LogP contribution is -2.01. The van der Waals surface area contributed by atoms with Crippen LogP contribution in [0.25, 0.3) is 17.2 Å². The molecule has 0 radical (unpaired) electrons. The number of hydrogen-bond donors (Lipinski definition) is 1. The fraction of sp³-hybridized carbons (Fsp3) is 0.0714. The van der Waals surface area contributed by atoms with E-state index < -0.39 is 5.97 Å². The number of allylic oxidation sites excluding steroid dienone is 1. The van der Waals surface area contributed by atoms with Crippen molar-refractivity contribution in [2.24, 2.45) is 0 Å². The van der Waals surface area contributed by atoms with Gasteiger partial charge in [0.2, 0.25) is 0 Å². The van der Waals surface area contributed by atoms with Crippen molar-refractivity contribution in [2.45, 2.75) is 6.42 Å². The Morgan fingerprint density at radius 3 is 2.88 bits per heavy atom. The van der Waals surface area contributed by atoms with Crippen molar-refractivity contribution in [3.05, 3.63) is 53.1 Å². The van der Waals surface area contributed by atoms with Gasteiger partial charge in [-0.15, -0.1) is 0 Å². The van der Waals surface area contributed by atoms with E-state index in [1.165, 1.54) is 5.56 Å². The summed E-state index contributed by atoms with van der Waals surface area (Å²) in [4.78, 5) is 11.2. The first-order valence-corrected chi connectivity index (χ1v) is 5.22. The molecular formula is C14H10O2. The number of carboxylic acids is 1. The van der Waals surface area contributed by atoms with Gasteiger partial charge < -0.3 is 5.11 Å². The minimum atomic E-state index is -0.869. The third-order valence-electron chi connectivity index (χ3n) is 3.02. The summed E-state index contributed by atoms with van der Waals surface area (Å²) in [5.74, 6) is -0.869. The molecule has 1 N–H and O–H groups in total. The summed E-state index contributed by atoms with van der Waals surface area (Å²) in [6.07, 6.45) is 4.82. The van der Waals surface area contributed by atoms with Gasteiger partial charge >= 0.3 is 5.97 Å². The smallest absolute Gasteiger partial charge is 0.336 e. The van der Waals surface area contributed by atoms with Crippen LogP contribution in [-0.4, -0.2) is 11.1 Å². The molecule has 3 aliphatic rings. The lowest BCUT2D eigenvalue weighted by molar-refractivity contribution is 0.0697. The fourth-order valence-corrected chi connectivity index (χ4v) is 2.32. The normalized spacial score (nSPS) is 13.0. The summed E-state index contributed by atoms with van der Waals surface area (Å²) < 4.78 is 0. The summed E-state index contributed by atoms with van der Waals surface area (Å²) >= 11 is 0. The summed E-state index contributed by atoms with van der Waals surface area (Å²) in [5, 5.41) is 9.19. The second kappa shape index (κ2) is 3.20. The van der Waals surface area contributed by atoms with E-state index in [0.29, 0.717) is 5.56 Å². The lowest BCUT2D eigenvalue weighted by atomic mass is 9.94. The average Bonchev–Trinajstić information content (AvgIpc) is 2.56. The molecule has 0 spiro atoms. The Morgan fingerprint density at radius 1 is 1.19 bits per heavy atom. The summed E-state index contributed by atoms with van der Waals surface area (Å²) in [7, 11) is 0. The van der Waals surface area contributed by atoms with E-state index in [-0.39, 0.29) is 0 Å². The third-order valence-corrected chi connectivity index (χ3v) is 3.02. The van der Waals surface area contributed by atoms with E-state index in [1.807, 2.05) is 24.3 Å². The molecule has 2 nitrogen and oxygen atoms in total. The van der Waals surface area contributed by atoms with Gasteiger partial charge in [0.05, 0.1) is 5.56 Å². The highest BCUT2D eigenvalue weighted by Crippen LogP contribution is 2.36. The molecular weight excluding hydrogens is 200 g/mol. The van der Waals surface area contributed by atoms with Crippen molar-refractivity contribution in [3.63, 3.8) is 0 Å². The van der Waals surface area contributed by atoms with Crippen LogP contribution in [0.5, 0.6) is 0 Å². The number of aromatic carboxylic acids is 1. The molecule has 0 saturated carbocycles. The third kappa shape index (κ3) is 1.16. The minimum Gasteiger partial charge on any atom is -0.478 e. The molecule has 0 aromatic carbocycles. The molecule has 0 aromatic rings. The first-order valence-electron chi connectivity index (χ1n) is 5.22. The van der Waals surface area contributed by atoms with E-state index >= 15 is 0 Å². The molecule has 0 fully saturated rings. The number of carboxylic acid groups (broad SMARTS) is 1. The largest absolute Gasteiger partial charge is 0.478 e. The van der Waals surface area contributed by atoms with Gasteiger partial charge in [0.15, 0.2) is 0 Å². The number of hydrogen-bond acceptors (Lipinski definition) is 1. The summed E-state index contributed by atoms with van der Waals surface area (Å²) in [6, 6.07) is 9.55.